The second-order valence-electron chi connectivity index (χ2n) is 4.31. The number of benzene rings is 2. The van der Waals surface area contributed by atoms with Crippen molar-refractivity contribution >= 4 is 0 Å². The van der Waals surface area contributed by atoms with Gasteiger partial charge in [-0.05, 0) is 40.5 Å². The molecular formula is C16H18O3. The highest BCUT2D eigenvalue weighted by molar-refractivity contribution is 5.69. The number of methoxy groups -OCH3 is 2. The van der Waals surface area contributed by atoms with Crippen LogP contribution in [0.2, 0.25) is 0 Å². The van der Waals surface area contributed by atoms with Crippen molar-refractivity contribution < 1.29 is 14.6 Å². The number of rotatable bonds is 5. The second kappa shape index (κ2) is 6.36. The SMILES string of the molecule is COCc1cc(OC)ccc1-c1cccc(CO)c1. The van der Waals surface area contributed by atoms with Gasteiger partial charge in [0.25, 0.3) is 0 Å². The summed E-state index contributed by atoms with van der Waals surface area (Å²) in [7, 11) is 3.32. The summed E-state index contributed by atoms with van der Waals surface area (Å²) in [5.74, 6) is 0.814. The molecule has 0 saturated carbocycles. The molecule has 0 aliphatic heterocycles. The monoisotopic (exact) mass is 258 g/mol. The Morgan fingerprint density at radius 1 is 1.05 bits per heavy atom. The van der Waals surface area contributed by atoms with Crippen molar-refractivity contribution in [3.63, 3.8) is 0 Å². The predicted octanol–water partition coefficient (Wildman–Crippen LogP) is 3.00. The third-order valence-electron chi connectivity index (χ3n) is 3.03. The van der Waals surface area contributed by atoms with Gasteiger partial charge in [-0.25, -0.2) is 0 Å². The standard InChI is InChI=1S/C16H18O3/c1-18-11-14-9-15(19-2)6-7-16(14)13-5-3-4-12(8-13)10-17/h3-9,17H,10-11H2,1-2H3. The summed E-state index contributed by atoms with van der Waals surface area (Å²) in [6, 6.07) is 13.8. The molecule has 1 N–H and O–H groups in total. The minimum atomic E-state index is 0.0452. The first-order chi connectivity index (χ1) is 9.28. The summed E-state index contributed by atoms with van der Waals surface area (Å²) in [5, 5.41) is 9.22. The van der Waals surface area contributed by atoms with Gasteiger partial charge in [0.05, 0.1) is 20.3 Å². The summed E-state index contributed by atoms with van der Waals surface area (Å²) in [5.41, 5.74) is 4.13. The van der Waals surface area contributed by atoms with E-state index in [0.29, 0.717) is 6.61 Å². The Hall–Kier alpha value is -1.84. The van der Waals surface area contributed by atoms with Crippen molar-refractivity contribution in [3.8, 4) is 16.9 Å². The fourth-order valence-electron chi connectivity index (χ4n) is 2.09. The number of aliphatic hydroxyl groups is 1. The molecule has 2 rings (SSSR count). The van der Waals surface area contributed by atoms with Gasteiger partial charge in [0.2, 0.25) is 0 Å². The van der Waals surface area contributed by atoms with E-state index in [0.717, 1.165) is 28.0 Å². The Morgan fingerprint density at radius 2 is 1.89 bits per heavy atom. The van der Waals surface area contributed by atoms with Crippen molar-refractivity contribution in [1.29, 1.82) is 0 Å². The molecule has 2 aromatic carbocycles. The summed E-state index contributed by atoms with van der Waals surface area (Å²) in [6.07, 6.45) is 0. The van der Waals surface area contributed by atoms with Crippen LogP contribution in [0, 0.1) is 0 Å². The molecule has 0 amide bonds. The fraction of sp³-hybridized carbons (Fsp3) is 0.250. The van der Waals surface area contributed by atoms with Gasteiger partial charge in [-0.1, -0.05) is 24.3 Å². The lowest BCUT2D eigenvalue weighted by atomic mass is 9.98. The Morgan fingerprint density at radius 3 is 2.58 bits per heavy atom. The number of ether oxygens (including phenoxy) is 2. The molecule has 0 heterocycles. The topological polar surface area (TPSA) is 38.7 Å². The van der Waals surface area contributed by atoms with Crippen molar-refractivity contribution in [2.75, 3.05) is 14.2 Å². The van der Waals surface area contributed by atoms with E-state index in [1.54, 1.807) is 14.2 Å². The molecule has 0 bridgehead atoms. The Labute approximate surface area is 113 Å². The minimum absolute atomic E-state index is 0.0452. The molecule has 0 atom stereocenters. The van der Waals surface area contributed by atoms with Crippen LogP contribution in [0.5, 0.6) is 5.75 Å². The molecule has 0 aliphatic carbocycles. The van der Waals surface area contributed by atoms with E-state index >= 15 is 0 Å². The van der Waals surface area contributed by atoms with E-state index < -0.39 is 0 Å². The lowest BCUT2D eigenvalue weighted by Crippen LogP contribution is -1.95. The molecule has 19 heavy (non-hydrogen) atoms. The van der Waals surface area contributed by atoms with Gasteiger partial charge in [0, 0.05) is 7.11 Å². The Kier molecular flexibility index (Phi) is 4.55. The smallest absolute Gasteiger partial charge is 0.119 e. The van der Waals surface area contributed by atoms with Crippen LogP contribution < -0.4 is 4.74 Å². The molecule has 0 radical (unpaired) electrons. The van der Waals surface area contributed by atoms with E-state index in [4.69, 9.17) is 9.47 Å². The molecule has 100 valence electrons. The van der Waals surface area contributed by atoms with Crippen molar-refractivity contribution in [1.82, 2.24) is 0 Å². The van der Waals surface area contributed by atoms with Crippen molar-refractivity contribution in [2.45, 2.75) is 13.2 Å². The molecule has 3 nitrogen and oxygen atoms in total. The van der Waals surface area contributed by atoms with Crippen LogP contribution in [0.15, 0.2) is 42.5 Å². The van der Waals surface area contributed by atoms with E-state index in [9.17, 15) is 5.11 Å². The average Bonchev–Trinajstić information content (AvgIpc) is 2.47. The zero-order valence-electron chi connectivity index (χ0n) is 11.2. The highest BCUT2D eigenvalue weighted by Crippen LogP contribution is 2.28. The first kappa shape index (κ1) is 13.6. The molecule has 2 aromatic rings. The van der Waals surface area contributed by atoms with E-state index in [1.807, 2.05) is 42.5 Å². The van der Waals surface area contributed by atoms with Crippen LogP contribution in [0.1, 0.15) is 11.1 Å². The van der Waals surface area contributed by atoms with Crippen LogP contribution in [-0.4, -0.2) is 19.3 Å². The number of hydrogen-bond acceptors (Lipinski definition) is 3. The molecule has 0 fully saturated rings. The minimum Gasteiger partial charge on any atom is -0.497 e. The van der Waals surface area contributed by atoms with Crippen LogP contribution in [0.3, 0.4) is 0 Å². The molecule has 0 unspecified atom stereocenters. The first-order valence-electron chi connectivity index (χ1n) is 6.14. The Bertz CT molecular complexity index is 549. The maximum atomic E-state index is 9.22. The van der Waals surface area contributed by atoms with Gasteiger partial charge in [0.15, 0.2) is 0 Å². The van der Waals surface area contributed by atoms with Gasteiger partial charge in [-0.3, -0.25) is 0 Å². The summed E-state index contributed by atoms with van der Waals surface area (Å²) in [6.45, 7) is 0.569. The van der Waals surface area contributed by atoms with Crippen molar-refractivity contribution in [2.24, 2.45) is 0 Å². The second-order valence-corrected chi connectivity index (χ2v) is 4.31. The largest absolute Gasteiger partial charge is 0.497 e. The van der Waals surface area contributed by atoms with Crippen LogP contribution >= 0.6 is 0 Å². The fourth-order valence-corrected chi connectivity index (χ4v) is 2.09. The maximum Gasteiger partial charge on any atom is 0.119 e. The summed E-state index contributed by atoms with van der Waals surface area (Å²) >= 11 is 0. The van der Waals surface area contributed by atoms with Crippen LogP contribution in [-0.2, 0) is 18.0 Å². The summed E-state index contributed by atoms with van der Waals surface area (Å²) in [4.78, 5) is 0. The zero-order valence-corrected chi connectivity index (χ0v) is 11.2. The third kappa shape index (κ3) is 3.13. The third-order valence-corrected chi connectivity index (χ3v) is 3.03. The first-order valence-corrected chi connectivity index (χ1v) is 6.14. The van der Waals surface area contributed by atoms with Gasteiger partial charge < -0.3 is 14.6 Å². The van der Waals surface area contributed by atoms with Gasteiger partial charge in [-0.15, -0.1) is 0 Å². The maximum absolute atomic E-state index is 9.22. The van der Waals surface area contributed by atoms with E-state index in [-0.39, 0.29) is 6.61 Å². The van der Waals surface area contributed by atoms with Crippen molar-refractivity contribution in [3.05, 3.63) is 53.6 Å². The molecule has 0 spiro atoms. The Balaban J connectivity index is 2.47. The van der Waals surface area contributed by atoms with Gasteiger partial charge in [0.1, 0.15) is 5.75 Å². The molecule has 0 aromatic heterocycles. The van der Waals surface area contributed by atoms with Gasteiger partial charge >= 0.3 is 0 Å². The molecule has 0 aliphatic rings. The number of hydrogen-bond donors (Lipinski definition) is 1. The quantitative estimate of drug-likeness (QED) is 0.896. The van der Waals surface area contributed by atoms with Crippen LogP contribution in [0.25, 0.3) is 11.1 Å². The van der Waals surface area contributed by atoms with E-state index in [2.05, 4.69) is 0 Å². The lowest BCUT2D eigenvalue weighted by molar-refractivity contribution is 0.185. The normalized spacial score (nSPS) is 10.5. The van der Waals surface area contributed by atoms with Gasteiger partial charge in [-0.2, -0.15) is 0 Å². The van der Waals surface area contributed by atoms with Crippen LogP contribution in [0.4, 0.5) is 0 Å². The zero-order chi connectivity index (χ0) is 13.7. The average molecular weight is 258 g/mol. The highest BCUT2D eigenvalue weighted by atomic mass is 16.5. The summed E-state index contributed by atoms with van der Waals surface area (Å²) < 4.78 is 10.5. The molecular weight excluding hydrogens is 240 g/mol. The molecule has 0 saturated heterocycles. The predicted molar refractivity (Wildman–Crippen MR) is 75.1 cm³/mol. The highest BCUT2D eigenvalue weighted by Gasteiger charge is 2.07. The number of aliphatic hydroxyl groups excluding tert-OH is 1. The molecule has 3 heteroatoms. The lowest BCUT2D eigenvalue weighted by Gasteiger charge is -2.12. The van der Waals surface area contributed by atoms with E-state index in [1.165, 1.54) is 0 Å².